The fourth-order valence-corrected chi connectivity index (χ4v) is 3.64. The largest absolute Gasteiger partial charge is 0.452 e. The van der Waals surface area contributed by atoms with Gasteiger partial charge in [-0.15, -0.1) is 0 Å². The normalized spacial score (nSPS) is 12.0. The van der Waals surface area contributed by atoms with Crippen molar-refractivity contribution in [3.8, 4) is 0 Å². The van der Waals surface area contributed by atoms with Gasteiger partial charge >= 0.3 is 5.97 Å². The van der Waals surface area contributed by atoms with Crippen molar-refractivity contribution in [3.05, 3.63) is 40.0 Å². The number of ether oxygens (including phenoxy) is 1. The molecule has 1 heterocycles. The van der Waals surface area contributed by atoms with Crippen LogP contribution in [0, 0.1) is 0 Å². The smallest absolute Gasteiger partial charge is 0.338 e. The molecule has 0 spiro atoms. The van der Waals surface area contributed by atoms with Crippen LogP contribution in [0.4, 0.5) is 0 Å². The van der Waals surface area contributed by atoms with Gasteiger partial charge in [0.15, 0.2) is 12.4 Å². The maximum atomic E-state index is 12.3. The van der Waals surface area contributed by atoms with Gasteiger partial charge in [0.25, 0.3) is 5.89 Å². The summed E-state index contributed by atoms with van der Waals surface area (Å²) in [6.45, 7) is 3.63. The van der Waals surface area contributed by atoms with Gasteiger partial charge in [0, 0.05) is 24.5 Å². The van der Waals surface area contributed by atoms with Gasteiger partial charge in [-0.2, -0.15) is 4.98 Å². The predicted molar refractivity (Wildman–Crippen MR) is 92.5 cm³/mol. The fourth-order valence-electron chi connectivity index (χ4n) is 1.80. The average Bonchev–Trinajstić information content (AvgIpc) is 3.02. The molecule has 0 saturated carbocycles. The molecule has 0 radical (unpaired) electrons. The highest BCUT2D eigenvalue weighted by molar-refractivity contribution is 9.10. The van der Waals surface area contributed by atoms with Crippen molar-refractivity contribution in [3.63, 3.8) is 0 Å². The summed E-state index contributed by atoms with van der Waals surface area (Å²) in [6.07, 6.45) is 0. The fraction of sp³-hybridized carbons (Fsp3) is 0.400. The molecule has 0 aliphatic heterocycles. The van der Waals surface area contributed by atoms with E-state index in [9.17, 15) is 13.2 Å². The van der Waals surface area contributed by atoms with Crippen LogP contribution in [0.2, 0.25) is 0 Å². The SMILES string of the molecule is CC(C)c1noc(COC(=O)c2ccc(Br)c(S(=O)(=O)N(C)C)c2)n1. The van der Waals surface area contributed by atoms with Gasteiger partial charge in [-0.3, -0.25) is 0 Å². The van der Waals surface area contributed by atoms with E-state index in [1.165, 1.54) is 32.3 Å². The van der Waals surface area contributed by atoms with Crippen molar-refractivity contribution in [1.82, 2.24) is 14.4 Å². The molecule has 10 heteroatoms. The lowest BCUT2D eigenvalue weighted by Crippen LogP contribution is -2.23. The molecule has 0 saturated heterocycles. The number of esters is 1. The molecule has 2 aromatic rings. The van der Waals surface area contributed by atoms with E-state index >= 15 is 0 Å². The van der Waals surface area contributed by atoms with E-state index < -0.39 is 16.0 Å². The van der Waals surface area contributed by atoms with E-state index in [4.69, 9.17) is 9.26 Å². The van der Waals surface area contributed by atoms with Crippen LogP contribution in [-0.4, -0.2) is 42.9 Å². The molecule has 0 amide bonds. The van der Waals surface area contributed by atoms with Crippen LogP contribution in [0.15, 0.2) is 32.1 Å². The second kappa shape index (κ2) is 7.63. The Hall–Kier alpha value is -1.78. The van der Waals surface area contributed by atoms with Crippen LogP contribution < -0.4 is 0 Å². The lowest BCUT2D eigenvalue weighted by Gasteiger charge is -2.13. The number of benzene rings is 1. The van der Waals surface area contributed by atoms with Gasteiger partial charge in [-0.1, -0.05) is 19.0 Å². The first kappa shape index (κ1) is 19.5. The summed E-state index contributed by atoms with van der Waals surface area (Å²) in [5.74, 6) is 0.106. The highest BCUT2D eigenvalue weighted by Gasteiger charge is 2.23. The molecule has 136 valence electrons. The third-order valence-electron chi connectivity index (χ3n) is 3.25. The number of aromatic nitrogens is 2. The summed E-state index contributed by atoms with van der Waals surface area (Å²) < 4.78 is 36.1. The van der Waals surface area contributed by atoms with E-state index in [0.29, 0.717) is 10.3 Å². The Kier molecular flexibility index (Phi) is 5.96. The van der Waals surface area contributed by atoms with Crippen molar-refractivity contribution in [1.29, 1.82) is 0 Å². The van der Waals surface area contributed by atoms with E-state index in [2.05, 4.69) is 26.1 Å². The topological polar surface area (TPSA) is 103 Å². The van der Waals surface area contributed by atoms with Gasteiger partial charge in [0.1, 0.15) is 0 Å². The van der Waals surface area contributed by atoms with Crippen LogP contribution in [0.1, 0.15) is 41.8 Å². The minimum absolute atomic E-state index is 0.0214. The maximum Gasteiger partial charge on any atom is 0.338 e. The number of carbonyl (C=O) groups is 1. The number of halogens is 1. The van der Waals surface area contributed by atoms with Crippen molar-refractivity contribution < 1.29 is 22.5 Å². The monoisotopic (exact) mass is 431 g/mol. The van der Waals surface area contributed by atoms with Crippen LogP contribution in [-0.2, 0) is 21.4 Å². The van der Waals surface area contributed by atoms with Gasteiger partial charge in [-0.25, -0.2) is 17.5 Å². The number of carbonyl (C=O) groups excluding carboxylic acids is 1. The Morgan fingerprint density at radius 3 is 2.60 bits per heavy atom. The highest BCUT2D eigenvalue weighted by atomic mass is 79.9. The second-order valence-corrected chi connectivity index (χ2v) is 8.68. The standard InChI is InChI=1S/C15H18BrN3O5S/c1-9(2)14-17-13(24-18-14)8-23-15(20)10-5-6-11(16)12(7-10)25(21,22)19(3)4/h5-7,9H,8H2,1-4H3. The van der Waals surface area contributed by atoms with Gasteiger partial charge in [0.2, 0.25) is 10.0 Å². The van der Waals surface area contributed by atoms with Gasteiger partial charge in [-0.05, 0) is 34.1 Å². The minimum atomic E-state index is -3.70. The third-order valence-corrected chi connectivity index (χ3v) is 6.06. The zero-order valence-corrected chi connectivity index (χ0v) is 16.6. The van der Waals surface area contributed by atoms with Crippen molar-refractivity contribution in [2.24, 2.45) is 0 Å². The first-order valence-electron chi connectivity index (χ1n) is 7.34. The quantitative estimate of drug-likeness (QED) is 0.647. The molecule has 0 bridgehead atoms. The van der Waals surface area contributed by atoms with Crippen LogP contribution in [0.3, 0.4) is 0 Å². The lowest BCUT2D eigenvalue weighted by molar-refractivity contribution is 0.0429. The molecule has 2 rings (SSSR count). The average molecular weight is 432 g/mol. The summed E-state index contributed by atoms with van der Waals surface area (Å²) in [5, 5.41) is 3.78. The van der Waals surface area contributed by atoms with Crippen LogP contribution >= 0.6 is 15.9 Å². The van der Waals surface area contributed by atoms with Crippen molar-refractivity contribution in [2.45, 2.75) is 31.3 Å². The van der Waals surface area contributed by atoms with Crippen LogP contribution in [0.5, 0.6) is 0 Å². The Morgan fingerprint density at radius 2 is 2.04 bits per heavy atom. The first-order valence-corrected chi connectivity index (χ1v) is 9.58. The zero-order valence-electron chi connectivity index (χ0n) is 14.2. The lowest BCUT2D eigenvalue weighted by atomic mass is 10.2. The second-order valence-electron chi connectivity index (χ2n) is 5.71. The van der Waals surface area contributed by atoms with Gasteiger partial charge < -0.3 is 9.26 Å². The van der Waals surface area contributed by atoms with E-state index in [0.717, 1.165) is 4.31 Å². The number of hydrogen-bond donors (Lipinski definition) is 0. The molecule has 0 N–H and O–H groups in total. The Bertz CT molecular complexity index is 877. The molecule has 0 unspecified atom stereocenters. The minimum Gasteiger partial charge on any atom is -0.452 e. The summed E-state index contributed by atoms with van der Waals surface area (Å²) >= 11 is 3.18. The predicted octanol–water partition coefficient (Wildman–Crippen LogP) is 2.56. The molecule has 8 nitrogen and oxygen atoms in total. The van der Waals surface area contributed by atoms with Crippen LogP contribution in [0.25, 0.3) is 0 Å². The highest BCUT2D eigenvalue weighted by Crippen LogP contribution is 2.25. The zero-order chi connectivity index (χ0) is 18.8. The van der Waals surface area contributed by atoms with Crippen molar-refractivity contribution in [2.75, 3.05) is 14.1 Å². The van der Waals surface area contributed by atoms with E-state index in [1.807, 2.05) is 13.8 Å². The summed E-state index contributed by atoms with van der Waals surface area (Å²) in [5.41, 5.74) is 0.104. The first-order chi connectivity index (χ1) is 11.6. The molecule has 0 fully saturated rings. The molecule has 0 aliphatic rings. The molecular formula is C15H18BrN3O5S. The van der Waals surface area contributed by atoms with E-state index in [-0.39, 0.29) is 28.9 Å². The Labute approximate surface area is 154 Å². The van der Waals surface area contributed by atoms with Crippen molar-refractivity contribution >= 4 is 31.9 Å². The molecule has 1 aromatic heterocycles. The molecule has 0 aliphatic carbocycles. The Balaban J connectivity index is 2.17. The number of rotatable bonds is 6. The number of hydrogen-bond acceptors (Lipinski definition) is 7. The number of sulfonamides is 1. The van der Waals surface area contributed by atoms with Gasteiger partial charge in [0.05, 0.1) is 10.5 Å². The molecular weight excluding hydrogens is 414 g/mol. The molecule has 1 aromatic carbocycles. The summed E-state index contributed by atoms with van der Waals surface area (Å²) in [6, 6.07) is 4.21. The maximum absolute atomic E-state index is 12.3. The summed E-state index contributed by atoms with van der Waals surface area (Å²) in [7, 11) is -0.876. The summed E-state index contributed by atoms with van der Waals surface area (Å²) in [4.78, 5) is 16.3. The molecule has 0 atom stereocenters. The van der Waals surface area contributed by atoms with E-state index in [1.54, 1.807) is 0 Å². The Morgan fingerprint density at radius 1 is 1.36 bits per heavy atom. The number of nitrogens with zero attached hydrogens (tertiary/aromatic N) is 3. The molecule has 25 heavy (non-hydrogen) atoms. The third kappa shape index (κ3) is 4.44.